The van der Waals surface area contributed by atoms with Crippen LogP contribution in [-0.4, -0.2) is 11.3 Å². The predicted octanol–water partition coefficient (Wildman–Crippen LogP) is 1.96. The van der Waals surface area contributed by atoms with Gasteiger partial charge in [0.1, 0.15) is 0 Å². The summed E-state index contributed by atoms with van der Waals surface area (Å²) in [4.78, 5) is 3.21. The van der Waals surface area contributed by atoms with Gasteiger partial charge in [0.2, 0.25) is 0 Å². The fourth-order valence-electron chi connectivity index (χ4n) is 1.19. The van der Waals surface area contributed by atoms with Crippen LogP contribution in [0.3, 0.4) is 0 Å². The zero-order chi connectivity index (χ0) is 13.2. The number of anilines is 1. The maximum absolute atomic E-state index is 12.5. The summed E-state index contributed by atoms with van der Waals surface area (Å²) in [6, 6.07) is 0. The highest BCUT2D eigenvalue weighted by Gasteiger charge is 2.34. The average molecular weight is 257 g/mol. The highest BCUT2D eigenvalue weighted by atomic mass is 19.4. The van der Waals surface area contributed by atoms with Crippen LogP contribution < -0.4 is 16.2 Å². The minimum absolute atomic E-state index is 0.509. The molecule has 4 N–H and O–H groups in total. The van der Waals surface area contributed by atoms with Gasteiger partial charge in [-0.25, -0.2) is 13.8 Å². The molecule has 1 rings (SSSR count). The van der Waals surface area contributed by atoms with Crippen LogP contribution in [0.2, 0.25) is 0 Å². The van der Waals surface area contributed by atoms with Crippen molar-refractivity contribution in [3.05, 3.63) is 17.3 Å². The zero-order valence-electron chi connectivity index (χ0n) is 8.26. The molecule has 0 radical (unpaired) electrons. The Labute approximate surface area is 92.4 Å². The van der Waals surface area contributed by atoms with E-state index in [4.69, 9.17) is 11.5 Å². The molecule has 1 aromatic heterocycles. The number of nitrogens with two attached hydrogens (primary N) is 2. The summed E-state index contributed by atoms with van der Waals surface area (Å²) in [5.74, 6) is -1.62. The first-order valence-electron chi connectivity index (χ1n) is 4.27. The molecule has 0 aromatic carbocycles. The molecule has 96 valence electrons. The van der Waals surface area contributed by atoms with Gasteiger partial charge >= 0.3 is 6.36 Å². The van der Waals surface area contributed by atoms with Crippen molar-refractivity contribution in [2.45, 2.75) is 19.3 Å². The first-order valence-corrected chi connectivity index (χ1v) is 4.27. The van der Waals surface area contributed by atoms with E-state index in [0.29, 0.717) is 6.20 Å². The second kappa shape index (κ2) is 4.70. The van der Waals surface area contributed by atoms with E-state index >= 15 is 0 Å². The van der Waals surface area contributed by atoms with Gasteiger partial charge < -0.3 is 16.2 Å². The van der Waals surface area contributed by atoms with Crippen LogP contribution in [0.5, 0.6) is 5.75 Å². The van der Waals surface area contributed by atoms with Crippen molar-refractivity contribution in [3.8, 4) is 5.75 Å². The van der Waals surface area contributed by atoms with Crippen molar-refractivity contribution < 1.29 is 26.7 Å². The van der Waals surface area contributed by atoms with Crippen LogP contribution in [0, 0.1) is 0 Å². The lowest BCUT2D eigenvalue weighted by atomic mass is 10.1. The van der Waals surface area contributed by atoms with E-state index in [1.165, 1.54) is 0 Å². The molecule has 1 heterocycles. The van der Waals surface area contributed by atoms with E-state index in [-0.39, 0.29) is 0 Å². The minimum atomic E-state index is -5.06. The number of nitrogen functional groups attached to an aromatic ring is 1. The first-order chi connectivity index (χ1) is 7.76. The van der Waals surface area contributed by atoms with Gasteiger partial charge in [-0.1, -0.05) is 0 Å². The van der Waals surface area contributed by atoms with Crippen LogP contribution in [0.15, 0.2) is 6.20 Å². The zero-order valence-corrected chi connectivity index (χ0v) is 8.26. The molecule has 0 bridgehead atoms. The lowest BCUT2D eigenvalue weighted by Crippen LogP contribution is -2.21. The third kappa shape index (κ3) is 3.16. The highest BCUT2D eigenvalue weighted by molar-refractivity contribution is 5.54. The monoisotopic (exact) mass is 257 g/mol. The van der Waals surface area contributed by atoms with Gasteiger partial charge in [0.05, 0.1) is 0 Å². The van der Waals surface area contributed by atoms with Crippen LogP contribution in [0.25, 0.3) is 0 Å². The highest BCUT2D eigenvalue weighted by Crippen LogP contribution is 2.35. The molecule has 0 fully saturated rings. The van der Waals surface area contributed by atoms with E-state index in [0.717, 1.165) is 0 Å². The topological polar surface area (TPSA) is 74.2 Å². The van der Waals surface area contributed by atoms with Crippen molar-refractivity contribution in [2.75, 3.05) is 5.73 Å². The third-order valence-electron chi connectivity index (χ3n) is 1.85. The molecular weight excluding hydrogens is 249 g/mol. The summed E-state index contributed by atoms with van der Waals surface area (Å²) in [5.41, 5.74) is 9.00. The number of halogens is 5. The minimum Gasteiger partial charge on any atom is -0.401 e. The summed E-state index contributed by atoms with van der Waals surface area (Å²) >= 11 is 0. The molecule has 0 unspecified atom stereocenters. The third-order valence-corrected chi connectivity index (χ3v) is 1.85. The van der Waals surface area contributed by atoms with Crippen molar-refractivity contribution in [1.82, 2.24) is 4.98 Å². The number of hydrogen-bond donors (Lipinski definition) is 2. The van der Waals surface area contributed by atoms with E-state index in [2.05, 4.69) is 9.72 Å². The van der Waals surface area contributed by atoms with Gasteiger partial charge in [-0.05, 0) is 0 Å². The molecule has 0 atom stereocenters. The lowest BCUT2D eigenvalue weighted by molar-refractivity contribution is -0.274. The molecule has 17 heavy (non-hydrogen) atoms. The van der Waals surface area contributed by atoms with Crippen molar-refractivity contribution in [3.63, 3.8) is 0 Å². The van der Waals surface area contributed by atoms with Gasteiger partial charge in [0.25, 0.3) is 6.43 Å². The largest absolute Gasteiger partial charge is 0.573 e. The maximum atomic E-state index is 12.5. The van der Waals surface area contributed by atoms with Gasteiger partial charge in [-0.2, -0.15) is 0 Å². The second-order valence-electron chi connectivity index (χ2n) is 2.96. The van der Waals surface area contributed by atoms with Crippen LogP contribution in [0.4, 0.5) is 27.8 Å². The van der Waals surface area contributed by atoms with E-state index < -0.39 is 42.0 Å². The number of hydrogen-bond acceptors (Lipinski definition) is 4. The van der Waals surface area contributed by atoms with Gasteiger partial charge in [0, 0.05) is 23.9 Å². The summed E-state index contributed by atoms with van der Waals surface area (Å²) in [6.07, 6.45) is -7.40. The summed E-state index contributed by atoms with van der Waals surface area (Å²) in [6.45, 7) is -0.572. The second-order valence-corrected chi connectivity index (χ2v) is 2.96. The number of ether oxygens (including phenoxy) is 1. The number of pyridine rings is 1. The Bertz CT molecular complexity index is 407. The molecule has 0 saturated carbocycles. The molecule has 0 aliphatic carbocycles. The fourth-order valence-corrected chi connectivity index (χ4v) is 1.19. The number of aromatic nitrogens is 1. The summed E-state index contributed by atoms with van der Waals surface area (Å²) in [7, 11) is 0. The molecular formula is C8H8F5N3O. The van der Waals surface area contributed by atoms with Crippen molar-refractivity contribution >= 4 is 5.82 Å². The first kappa shape index (κ1) is 13.4. The summed E-state index contributed by atoms with van der Waals surface area (Å²) < 4.78 is 64.6. The number of alkyl halides is 5. The summed E-state index contributed by atoms with van der Waals surface area (Å²) in [5, 5.41) is 0. The molecule has 0 amide bonds. The predicted molar refractivity (Wildman–Crippen MR) is 48.2 cm³/mol. The standard InChI is InChI=1S/C8H8F5N3O/c9-6(10)4-2-16-7(15)5(3(4)1-14)17-8(11,12)13/h2,6H,1,14H2,(H2,15,16). The number of rotatable bonds is 3. The van der Waals surface area contributed by atoms with Gasteiger partial charge in [-0.15, -0.1) is 13.2 Å². The smallest absolute Gasteiger partial charge is 0.401 e. The molecule has 4 nitrogen and oxygen atoms in total. The maximum Gasteiger partial charge on any atom is 0.573 e. The Kier molecular flexibility index (Phi) is 3.71. The molecule has 0 spiro atoms. The molecule has 9 heteroatoms. The fraction of sp³-hybridized carbons (Fsp3) is 0.375. The average Bonchev–Trinajstić information content (AvgIpc) is 2.18. The Morgan fingerprint density at radius 1 is 1.35 bits per heavy atom. The number of nitrogens with zero attached hydrogens (tertiary/aromatic N) is 1. The van der Waals surface area contributed by atoms with Crippen LogP contribution >= 0.6 is 0 Å². The Balaban J connectivity index is 3.30. The molecule has 0 aliphatic rings. The SMILES string of the molecule is NCc1c(C(F)F)cnc(N)c1OC(F)(F)F. The van der Waals surface area contributed by atoms with E-state index in [9.17, 15) is 22.0 Å². The molecule has 0 aliphatic heterocycles. The Hall–Kier alpha value is -1.64. The van der Waals surface area contributed by atoms with Gasteiger partial charge in [0.15, 0.2) is 11.6 Å². The van der Waals surface area contributed by atoms with Gasteiger partial charge in [-0.3, -0.25) is 0 Å². The lowest BCUT2D eigenvalue weighted by Gasteiger charge is -2.16. The quantitative estimate of drug-likeness (QED) is 0.812. The Morgan fingerprint density at radius 3 is 2.35 bits per heavy atom. The van der Waals surface area contributed by atoms with Crippen LogP contribution in [0.1, 0.15) is 17.6 Å². The van der Waals surface area contributed by atoms with Crippen molar-refractivity contribution in [2.24, 2.45) is 5.73 Å². The molecule has 1 aromatic rings. The van der Waals surface area contributed by atoms with Crippen LogP contribution in [-0.2, 0) is 6.54 Å². The molecule has 0 saturated heterocycles. The normalized spacial score (nSPS) is 11.9. The van der Waals surface area contributed by atoms with Crippen molar-refractivity contribution in [1.29, 1.82) is 0 Å². The Morgan fingerprint density at radius 2 is 1.94 bits per heavy atom. The van der Waals surface area contributed by atoms with E-state index in [1.54, 1.807) is 0 Å². The van der Waals surface area contributed by atoms with E-state index in [1.807, 2.05) is 0 Å².